The highest BCUT2D eigenvalue weighted by Gasteiger charge is 2.01. The quantitative estimate of drug-likeness (QED) is 0.923. The van der Waals surface area contributed by atoms with E-state index in [1.807, 2.05) is 36.4 Å². The molecule has 0 radical (unpaired) electrons. The second-order valence-corrected chi connectivity index (χ2v) is 4.69. The van der Waals surface area contributed by atoms with E-state index in [0.717, 1.165) is 27.9 Å². The summed E-state index contributed by atoms with van der Waals surface area (Å²) >= 11 is 3.37. The molecule has 0 aliphatic rings. The number of pyridine rings is 1. The molecule has 2 aromatic rings. The molecule has 0 saturated carbocycles. The van der Waals surface area contributed by atoms with Gasteiger partial charge in [0.25, 0.3) is 0 Å². The first-order valence-corrected chi connectivity index (χ1v) is 6.51. The third-order valence-corrected chi connectivity index (χ3v) is 3.31. The molecule has 0 fully saturated rings. The molecule has 4 heteroatoms. The smallest absolute Gasteiger partial charge is 0.119 e. The summed E-state index contributed by atoms with van der Waals surface area (Å²) in [5.74, 6) is 0.762. The Bertz CT molecular complexity index is 502. The molecule has 1 heterocycles. The van der Waals surface area contributed by atoms with Crippen molar-refractivity contribution < 1.29 is 9.84 Å². The zero-order valence-corrected chi connectivity index (χ0v) is 11.4. The van der Waals surface area contributed by atoms with Crippen molar-refractivity contribution in [1.82, 2.24) is 4.98 Å². The van der Waals surface area contributed by atoms with E-state index in [1.165, 1.54) is 0 Å². The largest absolute Gasteiger partial charge is 0.493 e. The van der Waals surface area contributed by atoms with Gasteiger partial charge in [0, 0.05) is 22.8 Å². The van der Waals surface area contributed by atoms with Crippen LogP contribution < -0.4 is 4.74 Å². The van der Waals surface area contributed by atoms with Crippen LogP contribution in [0.3, 0.4) is 0 Å². The van der Waals surface area contributed by atoms with Crippen LogP contribution in [0, 0.1) is 0 Å². The van der Waals surface area contributed by atoms with Crippen molar-refractivity contribution in [2.24, 2.45) is 0 Å². The van der Waals surface area contributed by atoms with E-state index in [9.17, 15) is 0 Å². The number of hydrogen-bond donors (Lipinski definition) is 1. The summed E-state index contributed by atoms with van der Waals surface area (Å²) < 4.78 is 6.53. The zero-order valence-electron chi connectivity index (χ0n) is 9.84. The van der Waals surface area contributed by atoms with Crippen molar-refractivity contribution in [1.29, 1.82) is 0 Å². The average molecular weight is 308 g/mol. The Labute approximate surface area is 115 Å². The van der Waals surface area contributed by atoms with Crippen LogP contribution in [-0.4, -0.2) is 16.7 Å². The van der Waals surface area contributed by atoms with Crippen LogP contribution in [0.1, 0.15) is 11.3 Å². The standard InChI is InChI=1S/C14H14BrNO2/c15-14-5-4-13(9-11(14)10-17)18-8-6-12-3-1-2-7-16-12/h1-5,7,9,17H,6,8,10H2. The van der Waals surface area contributed by atoms with E-state index in [2.05, 4.69) is 20.9 Å². The van der Waals surface area contributed by atoms with Crippen LogP contribution in [0.2, 0.25) is 0 Å². The number of hydrogen-bond acceptors (Lipinski definition) is 3. The lowest BCUT2D eigenvalue weighted by atomic mass is 10.2. The number of rotatable bonds is 5. The molecular weight excluding hydrogens is 294 g/mol. The Kier molecular flexibility index (Phi) is 4.73. The Balaban J connectivity index is 1.91. The first-order chi connectivity index (χ1) is 8.79. The second-order valence-electron chi connectivity index (χ2n) is 3.83. The van der Waals surface area contributed by atoms with Gasteiger partial charge in [0.2, 0.25) is 0 Å². The third-order valence-electron chi connectivity index (χ3n) is 2.54. The molecule has 0 bridgehead atoms. The molecule has 0 amide bonds. The van der Waals surface area contributed by atoms with Crippen LogP contribution in [0.5, 0.6) is 5.75 Å². The van der Waals surface area contributed by atoms with Gasteiger partial charge in [-0.15, -0.1) is 0 Å². The molecule has 0 aliphatic heterocycles. The van der Waals surface area contributed by atoms with Gasteiger partial charge in [-0.25, -0.2) is 0 Å². The Morgan fingerprint density at radius 3 is 2.83 bits per heavy atom. The number of aliphatic hydroxyl groups is 1. The van der Waals surface area contributed by atoms with E-state index in [0.29, 0.717) is 6.61 Å². The number of benzene rings is 1. The third kappa shape index (κ3) is 3.55. The lowest BCUT2D eigenvalue weighted by Gasteiger charge is -2.08. The maximum atomic E-state index is 9.15. The highest BCUT2D eigenvalue weighted by Crippen LogP contribution is 2.22. The second kappa shape index (κ2) is 6.52. The number of aromatic nitrogens is 1. The van der Waals surface area contributed by atoms with Gasteiger partial charge in [0.15, 0.2) is 0 Å². The lowest BCUT2D eigenvalue weighted by molar-refractivity contribution is 0.278. The predicted molar refractivity (Wildman–Crippen MR) is 73.5 cm³/mol. The average Bonchev–Trinajstić information content (AvgIpc) is 2.42. The molecule has 1 aromatic heterocycles. The van der Waals surface area contributed by atoms with E-state index in [-0.39, 0.29) is 6.61 Å². The van der Waals surface area contributed by atoms with Gasteiger partial charge in [-0.1, -0.05) is 22.0 Å². The Morgan fingerprint density at radius 1 is 1.22 bits per heavy atom. The lowest BCUT2D eigenvalue weighted by Crippen LogP contribution is -2.03. The van der Waals surface area contributed by atoms with Gasteiger partial charge in [-0.2, -0.15) is 0 Å². The maximum absolute atomic E-state index is 9.15. The monoisotopic (exact) mass is 307 g/mol. The molecular formula is C14H14BrNO2. The zero-order chi connectivity index (χ0) is 12.8. The Morgan fingerprint density at radius 2 is 2.11 bits per heavy atom. The number of aliphatic hydroxyl groups excluding tert-OH is 1. The van der Waals surface area contributed by atoms with Crippen molar-refractivity contribution in [3.05, 3.63) is 58.3 Å². The number of halogens is 1. The summed E-state index contributed by atoms with van der Waals surface area (Å²) in [5.41, 5.74) is 1.84. The fourth-order valence-electron chi connectivity index (χ4n) is 1.58. The van der Waals surface area contributed by atoms with Gasteiger partial charge in [0.1, 0.15) is 5.75 Å². The van der Waals surface area contributed by atoms with Crippen molar-refractivity contribution in [3.8, 4) is 5.75 Å². The fraction of sp³-hybridized carbons (Fsp3) is 0.214. The minimum Gasteiger partial charge on any atom is -0.493 e. The Hall–Kier alpha value is -1.39. The van der Waals surface area contributed by atoms with Crippen molar-refractivity contribution >= 4 is 15.9 Å². The van der Waals surface area contributed by atoms with E-state index >= 15 is 0 Å². The molecule has 0 atom stereocenters. The fourth-order valence-corrected chi connectivity index (χ4v) is 1.95. The summed E-state index contributed by atoms with van der Waals surface area (Å²) in [4.78, 5) is 4.23. The molecule has 0 unspecified atom stereocenters. The summed E-state index contributed by atoms with van der Waals surface area (Å²) in [6.07, 6.45) is 2.55. The molecule has 0 saturated heterocycles. The summed E-state index contributed by atoms with van der Waals surface area (Å²) in [7, 11) is 0. The maximum Gasteiger partial charge on any atom is 0.119 e. The predicted octanol–water partition coefficient (Wildman–Crippen LogP) is 2.96. The van der Waals surface area contributed by atoms with Crippen LogP contribution >= 0.6 is 15.9 Å². The van der Waals surface area contributed by atoms with E-state index < -0.39 is 0 Å². The SMILES string of the molecule is OCc1cc(OCCc2ccccn2)ccc1Br. The summed E-state index contributed by atoms with van der Waals surface area (Å²) in [6.45, 7) is 0.571. The van der Waals surface area contributed by atoms with Crippen LogP contribution in [0.4, 0.5) is 0 Å². The van der Waals surface area contributed by atoms with Crippen molar-refractivity contribution in [2.45, 2.75) is 13.0 Å². The molecule has 3 nitrogen and oxygen atoms in total. The molecule has 1 N–H and O–H groups in total. The first-order valence-electron chi connectivity index (χ1n) is 5.71. The molecule has 94 valence electrons. The van der Waals surface area contributed by atoms with Crippen molar-refractivity contribution in [2.75, 3.05) is 6.61 Å². The van der Waals surface area contributed by atoms with E-state index in [4.69, 9.17) is 9.84 Å². The van der Waals surface area contributed by atoms with Crippen LogP contribution in [-0.2, 0) is 13.0 Å². The van der Waals surface area contributed by atoms with Gasteiger partial charge in [-0.05, 0) is 35.9 Å². The highest BCUT2D eigenvalue weighted by molar-refractivity contribution is 9.10. The topological polar surface area (TPSA) is 42.4 Å². The summed E-state index contributed by atoms with van der Waals surface area (Å²) in [5, 5.41) is 9.15. The molecule has 18 heavy (non-hydrogen) atoms. The van der Waals surface area contributed by atoms with Gasteiger partial charge in [-0.3, -0.25) is 4.98 Å². The van der Waals surface area contributed by atoms with Gasteiger partial charge >= 0.3 is 0 Å². The van der Waals surface area contributed by atoms with Gasteiger partial charge < -0.3 is 9.84 Å². The minimum absolute atomic E-state index is 0.00196. The number of nitrogens with zero attached hydrogens (tertiary/aromatic N) is 1. The van der Waals surface area contributed by atoms with Crippen molar-refractivity contribution in [3.63, 3.8) is 0 Å². The summed E-state index contributed by atoms with van der Waals surface area (Å²) in [6, 6.07) is 11.4. The normalized spacial score (nSPS) is 10.3. The molecule has 0 aliphatic carbocycles. The highest BCUT2D eigenvalue weighted by atomic mass is 79.9. The number of ether oxygens (including phenoxy) is 1. The first kappa shape index (κ1) is 13.1. The van der Waals surface area contributed by atoms with Crippen LogP contribution in [0.15, 0.2) is 47.1 Å². The minimum atomic E-state index is -0.00196. The van der Waals surface area contributed by atoms with E-state index in [1.54, 1.807) is 6.20 Å². The molecule has 2 rings (SSSR count). The molecule has 0 spiro atoms. The molecule has 1 aromatic carbocycles. The van der Waals surface area contributed by atoms with Crippen LogP contribution in [0.25, 0.3) is 0 Å². The van der Waals surface area contributed by atoms with Gasteiger partial charge in [0.05, 0.1) is 13.2 Å².